The van der Waals surface area contributed by atoms with E-state index >= 15 is 0 Å². The van der Waals surface area contributed by atoms with E-state index in [1.807, 2.05) is 5.38 Å². The van der Waals surface area contributed by atoms with Crippen molar-refractivity contribution in [2.75, 3.05) is 0 Å². The Morgan fingerprint density at radius 1 is 1.40 bits per heavy atom. The average molecular weight is 222 g/mol. The molecule has 2 heteroatoms. The highest BCUT2D eigenvalue weighted by atomic mass is 32.1. The highest BCUT2D eigenvalue weighted by Crippen LogP contribution is 2.28. The minimum absolute atomic E-state index is 0.417. The molecule has 1 fully saturated rings. The van der Waals surface area contributed by atoms with Gasteiger partial charge in [0.15, 0.2) is 0 Å². The smallest absolute Gasteiger partial charge is 0.137 e. The monoisotopic (exact) mass is 222 g/mol. The average Bonchev–Trinajstić information content (AvgIpc) is 2.86. The first-order chi connectivity index (χ1) is 7.34. The molecule has 0 radical (unpaired) electrons. The molecule has 1 nitrogen and oxygen atoms in total. The first-order valence-electron chi connectivity index (χ1n) is 5.87. The van der Waals surface area contributed by atoms with Crippen molar-refractivity contribution < 1.29 is 4.79 Å². The lowest BCUT2D eigenvalue weighted by atomic mass is 9.98. The molecule has 1 heterocycles. The summed E-state index contributed by atoms with van der Waals surface area (Å²) < 4.78 is 0. The van der Waals surface area contributed by atoms with Crippen LogP contribution in [0.5, 0.6) is 0 Å². The summed E-state index contributed by atoms with van der Waals surface area (Å²) in [5.41, 5.74) is 1.19. The summed E-state index contributed by atoms with van der Waals surface area (Å²) in [6, 6.07) is 2.05. The molecule has 0 amide bonds. The standard InChI is InChI=1S/C13H18OS/c14-13(9-12-7-8-15-10-12)6-5-11-3-1-2-4-11/h7-8,10-11H,1-6,9H2. The Morgan fingerprint density at radius 2 is 2.20 bits per heavy atom. The number of hydrogen-bond acceptors (Lipinski definition) is 2. The van der Waals surface area contributed by atoms with E-state index in [9.17, 15) is 4.79 Å². The molecule has 1 aliphatic rings. The molecule has 0 atom stereocenters. The van der Waals surface area contributed by atoms with Gasteiger partial charge in [-0.15, -0.1) is 0 Å². The van der Waals surface area contributed by atoms with E-state index in [1.54, 1.807) is 11.3 Å². The maximum Gasteiger partial charge on any atom is 0.137 e. The maximum absolute atomic E-state index is 11.7. The van der Waals surface area contributed by atoms with Gasteiger partial charge in [-0.25, -0.2) is 0 Å². The molecule has 1 saturated carbocycles. The van der Waals surface area contributed by atoms with E-state index in [4.69, 9.17) is 0 Å². The Morgan fingerprint density at radius 3 is 2.87 bits per heavy atom. The Hall–Kier alpha value is -0.630. The fourth-order valence-corrected chi connectivity index (χ4v) is 3.04. The van der Waals surface area contributed by atoms with Crippen LogP contribution in [0.2, 0.25) is 0 Å². The number of carbonyl (C=O) groups excluding carboxylic acids is 1. The molecule has 0 spiro atoms. The van der Waals surface area contributed by atoms with Crippen LogP contribution in [0.15, 0.2) is 16.8 Å². The predicted octanol–water partition coefficient (Wildman–Crippen LogP) is 3.83. The lowest BCUT2D eigenvalue weighted by molar-refractivity contribution is -0.118. The highest BCUT2D eigenvalue weighted by Gasteiger charge is 2.16. The maximum atomic E-state index is 11.7. The molecular formula is C13H18OS. The predicted molar refractivity (Wildman–Crippen MR) is 64.2 cm³/mol. The van der Waals surface area contributed by atoms with Crippen LogP contribution < -0.4 is 0 Å². The minimum Gasteiger partial charge on any atom is -0.299 e. The first-order valence-corrected chi connectivity index (χ1v) is 6.81. The van der Waals surface area contributed by atoms with Crippen LogP contribution in [0, 0.1) is 5.92 Å². The third-order valence-corrected chi connectivity index (χ3v) is 4.02. The summed E-state index contributed by atoms with van der Waals surface area (Å²) in [5, 5.41) is 4.12. The van der Waals surface area contributed by atoms with Gasteiger partial charge >= 0.3 is 0 Å². The lowest BCUT2D eigenvalue weighted by Crippen LogP contribution is -2.04. The fourth-order valence-electron chi connectivity index (χ4n) is 2.37. The van der Waals surface area contributed by atoms with E-state index in [0.717, 1.165) is 18.8 Å². The molecule has 1 aliphatic carbocycles. The fraction of sp³-hybridized carbons (Fsp3) is 0.615. The van der Waals surface area contributed by atoms with Crippen molar-refractivity contribution in [2.24, 2.45) is 5.92 Å². The second kappa shape index (κ2) is 5.45. The molecule has 1 aromatic rings. The third-order valence-electron chi connectivity index (χ3n) is 3.29. The van der Waals surface area contributed by atoms with Crippen LogP contribution in [0.25, 0.3) is 0 Å². The molecule has 0 N–H and O–H groups in total. The van der Waals surface area contributed by atoms with Crippen molar-refractivity contribution in [1.29, 1.82) is 0 Å². The topological polar surface area (TPSA) is 17.1 Å². The lowest BCUT2D eigenvalue weighted by Gasteiger charge is -2.06. The van der Waals surface area contributed by atoms with E-state index in [1.165, 1.54) is 31.2 Å². The van der Waals surface area contributed by atoms with Crippen LogP contribution >= 0.6 is 11.3 Å². The molecule has 0 unspecified atom stereocenters. The number of thiophene rings is 1. The summed E-state index contributed by atoms with van der Waals surface area (Å²) in [4.78, 5) is 11.7. The van der Waals surface area contributed by atoms with Crippen LogP contribution in [-0.4, -0.2) is 5.78 Å². The van der Waals surface area contributed by atoms with Crippen molar-refractivity contribution in [3.63, 3.8) is 0 Å². The van der Waals surface area contributed by atoms with E-state index < -0.39 is 0 Å². The van der Waals surface area contributed by atoms with Gasteiger partial charge in [0.25, 0.3) is 0 Å². The molecule has 0 saturated heterocycles. The number of hydrogen-bond donors (Lipinski definition) is 0. The van der Waals surface area contributed by atoms with Crippen LogP contribution in [0.4, 0.5) is 0 Å². The minimum atomic E-state index is 0.417. The molecule has 2 rings (SSSR count). The Bertz CT molecular complexity index is 296. The van der Waals surface area contributed by atoms with Gasteiger partial charge in [-0.1, -0.05) is 25.7 Å². The van der Waals surface area contributed by atoms with E-state index in [2.05, 4.69) is 11.4 Å². The van der Waals surface area contributed by atoms with Gasteiger partial charge in [0.05, 0.1) is 0 Å². The highest BCUT2D eigenvalue weighted by molar-refractivity contribution is 7.07. The Kier molecular flexibility index (Phi) is 3.95. The van der Waals surface area contributed by atoms with Crippen molar-refractivity contribution in [1.82, 2.24) is 0 Å². The Balaban J connectivity index is 1.68. The van der Waals surface area contributed by atoms with Crippen LogP contribution in [0.1, 0.15) is 44.1 Å². The number of ketones is 1. The zero-order chi connectivity index (χ0) is 10.5. The molecule has 82 valence electrons. The zero-order valence-corrected chi connectivity index (χ0v) is 9.89. The van der Waals surface area contributed by atoms with Gasteiger partial charge in [-0.2, -0.15) is 11.3 Å². The van der Waals surface area contributed by atoms with Gasteiger partial charge in [0.1, 0.15) is 5.78 Å². The second-order valence-corrected chi connectivity index (χ2v) is 5.32. The molecule has 15 heavy (non-hydrogen) atoms. The number of carbonyl (C=O) groups is 1. The summed E-state index contributed by atoms with van der Waals surface area (Å²) in [6.45, 7) is 0. The second-order valence-electron chi connectivity index (χ2n) is 4.54. The summed E-state index contributed by atoms with van der Waals surface area (Å²) in [5.74, 6) is 1.26. The normalized spacial score (nSPS) is 17.1. The summed E-state index contributed by atoms with van der Waals surface area (Å²) in [6.07, 6.45) is 8.03. The van der Waals surface area contributed by atoms with Crippen LogP contribution in [-0.2, 0) is 11.2 Å². The first kappa shape index (κ1) is 10.9. The van der Waals surface area contributed by atoms with E-state index in [-0.39, 0.29) is 0 Å². The van der Waals surface area contributed by atoms with Gasteiger partial charge < -0.3 is 0 Å². The summed E-state index contributed by atoms with van der Waals surface area (Å²) in [7, 11) is 0. The summed E-state index contributed by atoms with van der Waals surface area (Å²) >= 11 is 1.67. The largest absolute Gasteiger partial charge is 0.299 e. The molecule has 1 aromatic heterocycles. The van der Waals surface area contributed by atoms with Crippen molar-refractivity contribution in [3.8, 4) is 0 Å². The number of rotatable bonds is 5. The molecule has 0 aliphatic heterocycles. The third kappa shape index (κ3) is 3.45. The van der Waals surface area contributed by atoms with Crippen molar-refractivity contribution in [2.45, 2.75) is 44.9 Å². The van der Waals surface area contributed by atoms with Gasteiger partial charge in [-0.05, 0) is 34.7 Å². The van der Waals surface area contributed by atoms with Gasteiger partial charge in [0.2, 0.25) is 0 Å². The molecular weight excluding hydrogens is 204 g/mol. The van der Waals surface area contributed by atoms with Crippen molar-refractivity contribution in [3.05, 3.63) is 22.4 Å². The Labute approximate surface area is 95.5 Å². The number of Topliss-reactive ketones (excluding diaryl/α,β-unsaturated/α-hetero) is 1. The zero-order valence-electron chi connectivity index (χ0n) is 9.08. The SMILES string of the molecule is O=C(CCC1CCCC1)Cc1ccsc1. The molecule has 0 aromatic carbocycles. The van der Waals surface area contributed by atoms with Crippen molar-refractivity contribution >= 4 is 17.1 Å². The van der Waals surface area contributed by atoms with Gasteiger partial charge in [-0.3, -0.25) is 4.79 Å². The van der Waals surface area contributed by atoms with E-state index in [0.29, 0.717) is 12.2 Å². The quantitative estimate of drug-likeness (QED) is 0.740. The van der Waals surface area contributed by atoms with Gasteiger partial charge in [0, 0.05) is 12.8 Å². The molecule has 0 bridgehead atoms. The van der Waals surface area contributed by atoms with Crippen LogP contribution in [0.3, 0.4) is 0 Å².